The molecule has 1 fully saturated rings. The first kappa shape index (κ1) is 20.2. The summed E-state index contributed by atoms with van der Waals surface area (Å²) in [5, 5.41) is 0. The van der Waals surface area contributed by atoms with Crippen LogP contribution in [0.1, 0.15) is 69.8 Å². The average Bonchev–Trinajstić information content (AvgIpc) is 2.40. The van der Waals surface area contributed by atoms with Crippen molar-refractivity contribution >= 4 is 23.1 Å². The van der Waals surface area contributed by atoms with Crippen molar-refractivity contribution in [3.05, 3.63) is 35.6 Å². The SMILES string of the molecule is CCCCCC1CCC(c2cc[c-]c(F)c2)CC1.[Cl-].[Mg+2]. The van der Waals surface area contributed by atoms with Gasteiger partial charge >= 0.3 is 23.1 Å². The van der Waals surface area contributed by atoms with Gasteiger partial charge in [-0.2, -0.15) is 17.7 Å². The Bertz CT molecular complexity index is 362. The topological polar surface area (TPSA) is 0 Å². The molecule has 1 saturated carbocycles. The first-order valence-electron chi connectivity index (χ1n) is 7.46. The second-order valence-electron chi connectivity index (χ2n) is 5.68. The molecule has 0 spiro atoms. The minimum absolute atomic E-state index is 0. The molecule has 0 bridgehead atoms. The van der Waals surface area contributed by atoms with E-state index in [4.69, 9.17) is 0 Å². The van der Waals surface area contributed by atoms with Crippen LogP contribution in [0.2, 0.25) is 0 Å². The second-order valence-corrected chi connectivity index (χ2v) is 5.68. The maximum atomic E-state index is 13.1. The summed E-state index contributed by atoms with van der Waals surface area (Å²) in [6, 6.07) is 8.01. The van der Waals surface area contributed by atoms with Crippen molar-refractivity contribution in [1.29, 1.82) is 0 Å². The van der Waals surface area contributed by atoms with Crippen LogP contribution in [0, 0.1) is 17.8 Å². The molecule has 0 saturated heterocycles. The van der Waals surface area contributed by atoms with Crippen molar-refractivity contribution in [3.63, 3.8) is 0 Å². The third-order valence-corrected chi connectivity index (χ3v) is 4.32. The summed E-state index contributed by atoms with van der Waals surface area (Å²) in [5.74, 6) is 1.29. The van der Waals surface area contributed by atoms with E-state index in [1.165, 1.54) is 56.9 Å². The molecule has 2 rings (SSSR count). The van der Waals surface area contributed by atoms with E-state index >= 15 is 0 Å². The third kappa shape index (κ3) is 6.32. The number of benzene rings is 1. The van der Waals surface area contributed by atoms with E-state index in [1.807, 2.05) is 6.07 Å². The first-order chi connectivity index (χ1) is 8.79. The van der Waals surface area contributed by atoms with Gasteiger partial charge in [0.15, 0.2) is 0 Å². The van der Waals surface area contributed by atoms with Gasteiger partial charge in [-0.1, -0.05) is 32.6 Å². The largest absolute Gasteiger partial charge is 2.00 e. The van der Waals surface area contributed by atoms with Crippen LogP contribution in [0.25, 0.3) is 0 Å². The number of unbranched alkanes of at least 4 members (excludes halogenated alkanes) is 2. The van der Waals surface area contributed by atoms with E-state index in [9.17, 15) is 4.39 Å². The maximum absolute atomic E-state index is 13.1. The Balaban J connectivity index is 0.00000180. The van der Waals surface area contributed by atoms with Gasteiger partial charge < -0.3 is 12.4 Å². The van der Waals surface area contributed by atoms with Crippen molar-refractivity contribution < 1.29 is 16.8 Å². The molecule has 20 heavy (non-hydrogen) atoms. The van der Waals surface area contributed by atoms with Crippen molar-refractivity contribution in [1.82, 2.24) is 0 Å². The molecule has 3 heteroatoms. The van der Waals surface area contributed by atoms with E-state index in [0.717, 1.165) is 5.92 Å². The van der Waals surface area contributed by atoms with Gasteiger partial charge in [-0.15, -0.1) is 12.1 Å². The van der Waals surface area contributed by atoms with Gasteiger partial charge in [0.2, 0.25) is 0 Å². The average molecular weight is 307 g/mol. The number of hydrogen-bond acceptors (Lipinski definition) is 0. The Morgan fingerprint density at radius 2 is 1.90 bits per heavy atom. The minimum atomic E-state index is -0.211. The fourth-order valence-corrected chi connectivity index (χ4v) is 3.18. The smallest absolute Gasteiger partial charge is 1.00 e. The number of rotatable bonds is 5. The van der Waals surface area contributed by atoms with Crippen LogP contribution in [0.4, 0.5) is 4.39 Å². The summed E-state index contributed by atoms with van der Waals surface area (Å²) < 4.78 is 13.1. The summed E-state index contributed by atoms with van der Waals surface area (Å²) in [5.41, 5.74) is 1.18. The molecule has 1 aromatic rings. The van der Waals surface area contributed by atoms with Crippen LogP contribution < -0.4 is 12.4 Å². The van der Waals surface area contributed by atoms with Crippen LogP contribution >= 0.6 is 0 Å². The molecule has 0 heterocycles. The van der Waals surface area contributed by atoms with Gasteiger partial charge in [0, 0.05) is 5.82 Å². The Morgan fingerprint density at radius 3 is 2.50 bits per heavy atom. The predicted octanol–water partition coefficient (Wildman–Crippen LogP) is 2.10. The van der Waals surface area contributed by atoms with Crippen LogP contribution in [0.3, 0.4) is 0 Å². The molecule has 1 aliphatic carbocycles. The predicted molar refractivity (Wildman–Crippen MR) is 79.8 cm³/mol. The molecular formula is C17H24ClFMg. The van der Waals surface area contributed by atoms with Crippen molar-refractivity contribution in [2.45, 2.75) is 64.2 Å². The van der Waals surface area contributed by atoms with Gasteiger partial charge in [0.1, 0.15) is 0 Å². The monoisotopic (exact) mass is 306 g/mol. The number of hydrogen-bond donors (Lipinski definition) is 0. The van der Waals surface area contributed by atoms with E-state index in [0.29, 0.717) is 5.92 Å². The van der Waals surface area contributed by atoms with E-state index in [1.54, 1.807) is 12.1 Å². The first-order valence-corrected chi connectivity index (χ1v) is 7.46. The number of halogens is 2. The van der Waals surface area contributed by atoms with Gasteiger partial charge in [0.05, 0.1) is 0 Å². The van der Waals surface area contributed by atoms with E-state index in [2.05, 4.69) is 13.0 Å². The molecule has 0 amide bonds. The van der Waals surface area contributed by atoms with Gasteiger partial charge in [0.25, 0.3) is 0 Å². The molecular weight excluding hydrogens is 283 g/mol. The molecule has 1 aliphatic rings. The van der Waals surface area contributed by atoms with Gasteiger partial charge in [-0.05, 0) is 37.5 Å². The quantitative estimate of drug-likeness (QED) is 0.444. The van der Waals surface area contributed by atoms with Crippen molar-refractivity contribution in [2.24, 2.45) is 5.92 Å². The molecule has 0 N–H and O–H groups in total. The van der Waals surface area contributed by atoms with Crippen molar-refractivity contribution in [3.8, 4) is 0 Å². The Morgan fingerprint density at radius 1 is 1.20 bits per heavy atom. The fourth-order valence-electron chi connectivity index (χ4n) is 3.18. The minimum Gasteiger partial charge on any atom is -1.00 e. The molecule has 0 unspecified atom stereocenters. The Labute approximate surface area is 145 Å². The maximum Gasteiger partial charge on any atom is 2.00 e. The summed E-state index contributed by atoms with van der Waals surface area (Å²) in [6.45, 7) is 2.26. The summed E-state index contributed by atoms with van der Waals surface area (Å²) in [4.78, 5) is 0. The van der Waals surface area contributed by atoms with Crippen molar-refractivity contribution in [2.75, 3.05) is 0 Å². The zero-order valence-corrected chi connectivity index (χ0v) is 14.7. The standard InChI is InChI=1S/C17H24F.ClH.Mg/c1-2-3-4-6-14-9-11-15(12-10-14)16-7-5-8-17(18)13-16;;/h5,7,13-15H,2-4,6,9-12H2,1H3;1H;/q-1;;+2/p-1. The molecule has 0 aliphatic heterocycles. The summed E-state index contributed by atoms with van der Waals surface area (Å²) >= 11 is 0. The molecule has 1 aromatic carbocycles. The molecule has 108 valence electrons. The van der Waals surface area contributed by atoms with E-state index < -0.39 is 0 Å². The van der Waals surface area contributed by atoms with Crippen LogP contribution in [0.5, 0.6) is 0 Å². The van der Waals surface area contributed by atoms with Crippen LogP contribution in [0.15, 0.2) is 18.2 Å². The zero-order chi connectivity index (χ0) is 12.8. The molecule has 0 aromatic heterocycles. The summed E-state index contributed by atoms with van der Waals surface area (Å²) in [6.07, 6.45) is 10.6. The van der Waals surface area contributed by atoms with Gasteiger partial charge in [-0.3, -0.25) is 0 Å². The zero-order valence-electron chi connectivity index (χ0n) is 12.5. The second kappa shape index (κ2) is 10.9. The normalized spacial score (nSPS) is 21.7. The fraction of sp³-hybridized carbons (Fsp3) is 0.647. The van der Waals surface area contributed by atoms with Crippen LogP contribution in [-0.4, -0.2) is 23.1 Å². The Kier molecular flexibility index (Phi) is 11.0. The third-order valence-electron chi connectivity index (χ3n) is 4.32. The molecule has 0 radical (unpaired) electrons. The summed E-state index contributed by atoms with van der Waals surface area (Å²) in [7, 11) is 0. The molecule has 0 nitrogen and oxygen atoms in total. The van der Waals surface area contributed by atoms with Gasteiger partial charge in [-0.25, -0.2) is 4.39 Å². The Hall–Kier alpha value is 0.206. The van der Waals surface area contributed by atoms with Crippen LogP contribution in [-0.2, 0) is 0 Å². The van der Waals surface area contributed by atoms with E-state index in [-0.39, 0.29) is 41.3 Å². The molecule has 0 atom stereocenters.